The van der Waals surface area contributed by atoms with Crippen LogP contribution < -0.4 is 4.74 Å². The van der Waals surface area contributed by atoms with Gasteiger partial charge in [0.1, 0.15) is 5.82 Å². The van der Waals surface area contributed by atoms with E-state index in [1.165, 1.54) is 0 Å². The number of rotatable bonds is 4. The third-order valence-corrected chi connectivity index (χ3v) is 1.76. The molecule has 5 heteroatoms. The van der Waals surface area contributed by atoms with Crippen molar-refractivity contribution >= 4 is 0 Å². The van der Waals surface area contributed by atoms with E-state index in [2.05, 4.69) is 11.7 Å². The van der Waals surface area contributed by atoms with Gasteiger partial charge in [0.25, 0.3) is 0 Å². The van der Waals surface area contributed by atoms with Crippen LogP contribution in [0.15, 0.2) is 12.1 Å². The Hall–Kier alpha value is -1.26. The first-order valence-electron chi connectivity index (χ1n) is 4.26. The van der Waals surface area contributed by atoms with Gasteiger partial charge >= 0.3 is 6.61 Å². The molecule has 0 saturated carbocycles. The van der Waals surface area contributed by atoms with E-state index in [1.54, 1.807) is 0 Å². The molecule has 0 unspecified atom stereocenters. The van der Waals surface area contributed by atoms with Crippen LogP contribution in [0.3, 0.4) is 0 Å². The van der Waals surface area contributed by atoms with Crippen LogP contribution in [-0.4, -0.2) is 6.61 Å². The predicted octanol–water partition coefficient (Wildman–Crippen LogP) is 3.33. The Labute approximate surface area is 84.7 Å². The van der Waals surface area contributed by atoms with Crippen molar-refractivity contribution in [3.05, 3.63) is 36.3 Å². The number of aryl methyl sites for hydroxylation is 1. The standard InChI is InChI=1S/C10H9F4O/c1-2-3-6-4-9(15-10(13)14)8(12)5-7(6)11/h4-5,10H,1-3H2. The maximum Gasteiger partial charge on any atom is 0.387 e. The summed E-state index contributed by atoms with van der Waals surface area (Å²) in [4.78, 5) is 0. The Morgan fingerprint density at radius 2 is 1.87 bits per heavy atom. The maximum atomic E-state index is 13.0. The van der Waals surface area contributed by atoms with Gasteiger partial charge in [-0.15, -0.1) is 0 Å². The van der Waals surface area contributed by atoms with Crippen LogP contribution in [0.5, 0.6) is 5.75 Å². The molecule has 0 aromatic heterocycles. The van der Waals surface area contributed by atoms with E-state index in [-0.39, 0.29) is 12.0 Å². The van der Waals surface area contributed by atoms with Crippen molar-refractivity contribution in [3.63, 3.8) is 0 Å². The van der Waals surface area contributed by atoms with Crippen molar-refractivity contribution in [2.45, 2.75) is 19.5 Å². The number of halogens is 4. The molecule has 1 aromatic rings. The molecule has 0 fully saturated rings. The molecule has 0 spiro atoms. The number of alkyl halides is 2. The number of ether oxygens (including phenoxy) is 1. The molecule has 0 N–H and O–H groups in total. The molecule has 1 nitrogen and oxygen atoms in total. The van der Waals surface area contributed by atoms with Crippen LogP contribution in [-0.2, 0) is 6.42 Å². The summed E-state index contributed by atoms with van der Waals surface area (Å²) in [5.41, 5.74) is 0.113. The second-order valence-electron chi connectivity index (χ2n) is 2.86. The Balaban J connectivity index is 3.00. The molecule has 0 aliphatic carbocycles. The average Bonchev–Trinajstić information content (AvgIpc) is 2.12. The Morgan fingerprint density at radius 1 is 1.20 bits per heavy atom. The van der Waals surface area contributed by atoms with E-state index >= 15 is 0 Å². The lowest BCUT2D eigenvalue weighted by molar-refractivity contribution is -0.0523. The van der Waals surface area contributed by atoms with Gasteiger partial charge in [0.05, 0.1) is 0 Å². The highest BCUT2D eigenvalue weighted by molar-refractivity contribution is 5.31. The van der Waals surface area contributed by atoms with Crippen molar-refractivity contribution in [2.75, 3.05) is 0 Å². The van der Waals surface area contributed by atoms with E-state index in [4.69, 9.17) is 0 Å². The summed E-state index contributed by atoms with van der Waals surface area (Å²) in [7, 11) is 0. The summed E-state index contributed by atoms with van der Waals surface area (Å²) >= 11 is 0. The van der Waals surface area contributed by atoms with Gasteiger partial charge < -0.3 is 4.74 Å². The molecule has 1 aromatic carbocycles. The second kappa shape index (κ2) is 5.00. The number of hydrogen-bond acceptors (Lipinski definition) is 1. The average molecular weight is 221 g/mol. The zero-order chi connectivity index (χ0) is 11.4. The minimum atomic E-state index is -3.13. The van der Waals surface area contributed by atoms with E-state index in [9.17, 15) is 17.6 Å². The normalized spacial score (nSPS) is 10.8. The van der Waals surface area contributed by atoms with E-state index < -0.39 is 24.0 Å². The van der Waals surface area contributed by atoms with Crippen LogP contribution >= 0.6 is 0 Å². The molecule has 0 aliphatic rings. The van der Waals surface area contributed by atoms with Gasteiger partial charge in [0.15, 0.2) is 11.6 Å². The zero-order valence-electron chi connectivity index (χ0n) is 7.77. The van der Waals surface area contributed by atoms with E-state index in [0.717, 1.165) is 6.07 Å². The first kappa shape index (κ1) is 11.8. The largest absolute Gasteiger partial charge is 0.432 e. The zero-order valence-corrected chi connectivity index (χ0v) is 7.77. The van der Waals surface area contributed by atoms with Gasteiger partial charge in [0.2, 0.25) is 0 Å². The van der Waals surface area contributed by atoms with Crippen molar-refractivity contribution in [2.24, 2.45) is 0 Å². The number of benzene rings is 1. The molecule has 83 valence electrons. The number of hydrogen-bond donors (Lipinski definition) is 0. The van der Waals surface area contributed by atoms with Crippen LogP contribution in [0.25, 0.3) is 0 Å². The minimum Gasteiger partial charge on any atom is -0.432 e. The summed E-state index contributed by atoms with van der Waals surface area (Å²) in [6.45, 7) is 0.358. The van der Waals surface area contributed by atoms with Crippen molar-refractivity contribution in [3.8, 4) is 5.75 Å². The van der Waals surface area contributed by atoms with Gasteiger partial charge in [-0.25, -0.2) is 8.78 Å². The fourth-order valence-corrected chi connectivity index (χ4v) is 1.14. The molecule has 0 aliphatic heterocycles. The lowest BCUT2D eigenvalue weighted by Crippen LogP contribution is -2.05. The quantitative estimate of drug-likeness (QED) is 0.708. The summed E-state index contributed by atoms with van der Waals surface area (Å²) < 4.78 is 53.5. The Kier molecular flexibility index (Phi) is 3.94. The summed E-state index contributed by atoms with van der Waals surface area (Å²) in [6, 6.07) is 1.46. The molecule has 0 saturated heterocycles. The van der Waals surface area contributed by atoms with Gasteiger partial charge in [-0.2, -0.15) is 8.78 Å². The Morgan fingerprint density at radius 3 is 2.40 bits per heavy atom. The molecule has 1 rings (SSSR count). The fourth-order valence-electron chi connectivity index (χ4n) is 1.14. The highest BCUT2D eigenvalue weighted by Gasteiger charge is 2.13. The van der Waals surface area contributed by atoms with Crippen molar-refractivity contribution in [1.82, 2.24) is 0 Å². The van der Waals surface area contributed by atoms with Crippen LogP contribution in [0, 0.1) is 18.6 Å². The monoisotopic (exact) mass is 221 g/mol. The van der Waals surface area contributed by atoms with Gasteiger partial charge in [-0.1, -0.05) is 6.92 Å². The maximum absolute atomic E-state index is 13.0. The first-order chi connectivity index (χ1) is 7.04. The molecule has 0 heterocycles. The molecule has 0 amide bonds. The smallest absolute Gasteiger partial charge is 0.387 e. The molecule has 0 bridgehead atoms. The van der Waals surface area contributed by atoms with Gasteiger partial charge in [-0.05, 0) is 24.5 Å². The topological polar surface area (TPSA) is 9.23 Å². The fraction of sp³-hybridized carbons (Fsp3) is 0.300. The van der Waals surface area contributed by atoms with Crippen molar-refractivity contribution in [1.29, 1.82) is 0 Å². The molecular formula is C10H9F4O. The molecule has 1 radical (unpaired) electrons. The minimum absolute atomic E-state index is 0.113. The SMILES string of the molecule is [CH2]CCc1cc(OC(F)F)c(F)cc1F. The van der Waals surface area contributed by atoms with Crippen LogP contribution in [0.4, 0.5) is 17.6 Å². The van der Waals surface area contributed by atoms with Gasteiger partial charge in [-0.3, -0.25) is 0 Å². The third-order valence-electron chi connectivity index (χ3n) is 1.76. The lowest BCUT2D eigenvalue weighted by atomic mass is 10.1. The highest BCUT2D eigenvalue weighted by atomic mass is 19.3. The second-order valence-corrected chi connectivity index (χ2v) is 2.86. The molecule has 0 atom stereocenters. The Bertz CT molecular complexity index is 338. The lowest BCUT2D eigenvalue weighted by Gasteiger charge is -2.08. The summed E-state index contributed by atoms with van der Waals surface area (Å²) in [5.74, 6) is -2.56. The highest BCUT2D eigenvalue weighted by Crippen LogP contribution is 2.24. The van der Waals surface area contributed by atoms with Crippen molar-refractivity contribution < 1.29 is 22.3 Å². The van der Waals surface area contributed by atoms with Crippen LogP contribution in [0.2, 0.25) is 0 Å². The first-order valence-corrected chi connectivity index (χ1v) is 4.26. The predicted molar refractivity (Wildman–Crippen MR) is 46.7 cm³/mol. The van der Waals surface area contributed by atoms with Crippen LogP contribution in [0.1, 0.15) is 12.0 Å². The van der Waals surface area contributed by atoms with Gasteiger partial charge in [0, 0.05) is 6.07 Å². The summed E-state index contributed by atoms with van der Waals surface area (Å²) in [6.07, 6.45) is 0.627. The summed E-state index contributed by atoms with van der Waals surface area (Å²) in [5, 5.41) is 0. The van der Waals surface area contributed by atoms with E-state index in [1.807, 2.05) is 0 Å². The van der Waals surface area contributed by atoms with E-state index in [0.29, 0.717) is 12.5 Å². The third kappa shape index (κ3) is 3.11. The molecular weight excluding hydrogens is 212 g/mol. The molecule has 15 heavy (non-hydrogen) atoms.